The first-order chi connectivity index (χ1) is 10.8. The topological polar surface area (TPSA) is 32.3 Å². The number of nitrogens with one attached hydrogen (secondary N) is 1. The molecule has 1 aliphatic rings. The van der Waals surface area contributed by atoms with Gasteiger partial charge in [0.25, 0.3) is 0 Å². The van der Waals surface area contributed by atoms with Crippen molar-refractivity contribution in [2.75, 3.05) is 6.54 Å². The van der Waals surface area contributed by atoms with Gasteiger partial charge in [-0.3, -0.25) is 0 Å². The van der Waals surface area contributed by atoms with Crippen molar-refractivity contribution < 1.29 is 5.11 Å². The minimum absolute atomic E-state index is 0.0465. The fraction of sp³-hybridized carbons (Fsp3) is 0.474. The summed E-state index contributed by atoms with van der Waals surface area (Å²) in [4.78, 5) is 2.75. The van der Waals surface area contributed by atoms with Crippen LogP contribution < -0.4 is 4.84 Å². The summed E-state index contributed by atoms with van der Waals surface area (Å²) in [6, 6.07) is 14.8. The number of halogens is 1. The van der Waals surface area contributed by atoms with E-state index in [4.69, 9.17) is 11.8 Å². The van der Waals surface area contributed by atoms with Gasteiger partial charge >= 0.3 is 0 Å². The van der Waals surface area contributed by atoms with Gasteiger partial charge < -0.3 is 5.11 Å². The van der Waals surface area contributed by atoms with E-state index in [9.17, 15) is 5.11 Å². The van der Waals surface area contributed by atoms with Gasteiger partial charge in [-0.1, -0.05) is 61.7 Å². The molecule has 1 unspecified atom stereocenters. The Morgan fingerprint density at radius 1 is 1.05 bits per heavy atom. The number of aliphatic hydroxyl groups excluding tert-OH is 1. The minimum atomic E-state index is -0.326. The second kappa shape index (κ2) is 7.45. The number of hydrogen-bond donors (Lipinski definition) is 2. The lowest BCUT2D eigenvalue weighted by atomic mass is 9.78. The van der Waals surface area contributed by atoms with Crippen molar-refractivity contribution in [3.8, 4) is 0 Å². The van der Waals surface area contributed by atoms with E-state index in [1.54, 1.807) is 0 Å². The maximum Gasteiger partial charge on any atom is 0.0649 e. The van der Waals surface area contributed by atoms with Crippen LogP contribution in [0.15, 0.2) is 42.5 Å². The first kappa shape index (κ1) is 15.8. The Labute approximate surface area is 137 Å². The van der Waals surface area contributed by atoms with Crippen LogP contribution in [0, 0.1) is 5.92 Å². The number of rotatable bonds is 5. The molecule has 2 N–H and O–H groups in total. The summed E-state index contributed by atoms with van der Waals surface area (Å²) in [7, 11) is 0. The molecule has 0 spiro atoms. The van der Waals surface area contributed by atoms with Gasteiger partial charge in [-0.2, -0.15) is 0 Å². The molecule has 0 radical (unpaired) electrons. The summed E-state index contributed by atoms with van der Waals surface area (Å²) in [6.45, 7) is 0.595. The van der Waals surface area contributed by atoms with Gasteiger partial charge in [0.2, 0.25) is 0 Å². The molecule has 2 aromatic carbocycles. The van der Waals surface area contributed by atoms with Crippen LogP contribution in [0.2, 0.25) is 0 Å². The van der Waals surface area contributed by atoms with Gasteiger partial charge in [0.1, 0.15) is 0 Å². The second-order valence-corrected chi connectivity index (χ2v) is 6.71. The highest BCUT2D eigenvalue weighted by Crippen LogP contribution is 2.34. The number of hydrogen-bond acceptors (Lipinski definition) is 2. The second-order valence-electron chi connectivity index (χ2n) is 6.44. The molecule has 3 rings (SSSR count). The van der Waals surface area contributed by atoms with E-state index >= 15 is 0 Å². The van der Waals surface area contributed by atoms with Gasteiger partial charge in [0.05, 0.1) is 6.10 Å². The third-order valence-corrected chi connectivity index (χ3v) is 5.20. The zero-order valence-electron chi connectivity index (χ0n) is 12.8. The van der Waals surface area contributed by atoms with E-state index in [-0.39, 0.29) is 12.0 Å². The van der Waals surface area contributed by atoms with Crippen molar-refractivity contribution in [1.82, 2.24) is 4.84 Å². The van der Waals surface area contributed by atoms with Gasteiger partial charge in [0, 0.05) is 12.5 Å². The average molecular weight is 318 g/mol. The third-order valence-electron chi connectivity index (χ3n) is 5.04. The van der Waals surface area contributed by atoms with Crippen LogP contribution >= 0.6 is 11.8 Å². The fourth-order valence-electron chi connectivity index (χ4n) is 3.76. The Bertz CT molecular complexity index is 609. The summed E-state index contributed by atoms with van der Waals surface area (Å²) >= 11 is 5.79. The molecule has 0 heterocycles. The Morgan fingerprint density at radius 2 is 1.77 bits per heavy atom. The Kier molecular flexibility index (Phi) is 5.35. The summed E-state index contributed by atoms with van der Waals surface area (Å²) in [6.07, 6.45) is 5.72. The molecule has 22 heavy (non-hydrogen) atoms. The SMILES string of the molecule is O[C@@H](C1CCCCC1)C(CNCl)c1ccc2ccccc2c1. The molecule has 0 aliphatic heterocycles. The quantitative estimate of drug-likeness (QED) is 0.789. The van der Waals surface area contributed by atoms with Gasteiger partial charge in [-0.25, -0.2) is 4.84 Å². The highest BCUT2D eigenvalue weighted by Gasteiger charge is 2.29. The summed E-state index contributed by atoms with van der Waals surface area (Å²) < 4.78 is 0. The Balaban J connectivity index is 1.87. The Morgan fingerprint density at radius 3 is 2.50 bits per heavy atom. The lowest BCUT2D eigenvalue weighted by molar-refractivity contribution is 0.0615. The first-order valence-corrected chi connectivity index (χ1v) is 8.67. The van der Waals surface area contributed by atoms with E-state index in [1.807, 2.05) is 0 Å². The molecule has 1 fully saturated rings. The molecule has 2 aromatic rings. The largest absolute Gasteiger partial charge is 0.392 e. The van der Waals surface area contributed by atoms with E-state index in [1.165, 1.54) is 35.6 Å². The highest BCUT2D eigenvalue weighted by atomic mass is 35.5. The number of fused-ring (bicyclic) bond motifs is 1. The summed E-state index contributed by atoms with van der Waals surface area (Å²) in [5, 5.41) is 13.3. The van der Waals surface area contributed by atoms with E-state index in [0.29, 0.717) is 12.5 Å². The predicted octanol–water partition coefficient (Wildman–Crippen LogP) is 4.61. The van der Waals surface area contributed by atoms with E-state index in [0.717, 1.165) is 12.8 Å². The molecule has 118 valence electrons. The van der Waals surface area contributed by atoms with Gasteiger partial charge in [-0.15, -0.1) is 0 Å². The van der Waals surface area contributed by atoms with Crippen molar-refractivity contribution in [3.05, 3.63) is 48.0 Å². The van der Waals surface area contributed by atoms with Crippen LogP contribution in [0.4, 0.5) is 0 Å². The molecule has 0 aromatic heterocycles. The predicted molar refractivity (Wildman–Crippen MR) is 93.1 cm³/mol. The highest BCUT2D eigenvalue weighted by molar-refractivity contribution is 6.13. The molecular formula is C19H24ClNO. The molecule has 0 saturated heterocycles. The van der Waals surface area contributed by atoms with Gasteiger partial charge in [-0.05, 0) is 46.9 Å². The third kappa shape index (κ3) is 3.45. The normalized spacial score (nSPS) is 19.2. The van der Waals surface area contributed by atoms with E-state index < -0.39 is 0 Å². The smallest absolute Gasteiger partial charge is 0.0649 e. The Hall–Kier alpha value is -1.09. The van der Waals surface area contributed by atoms with Crippen LogP contribution in [0.3, 0.4) is 0 Å². The minimum Gasteiger partial charge on any atom is -0.392 e. The molecule has 2 atom stereocenters. The lowest BCUT2D eigenvalue weighted by Crippen LogP contribution is -2.33. The van der Waals surface area contributed by atoms with Crippen LogP contribution in [0.25, 0.3) is 10.8 Å². The number of aliphatic hydroxyl groups is 1. The zero-order chi connectivity index (χ0) is 15.4. The van der Waals surface area contributed by atoms with Crippen molar-refractivity contribution in [3.63, 3.8) is 0 Å². The molecule has 3 heteroatoms. The summed E-state index contributed by atoms with van der Waals surface area (Å²) in [5.74, 6) is 0.445. The monoisotopic (exact) mass is 317 g/mol. The fourth-order valence-corrected chi connectivity index (χ4v) is 3.93. The maximum absolute atomic E-state index is 10.9. The molecule has 2 nitrogen and oxygen atoms in total. The maximum atomic E-state index is 10.9. The lowest BCUT2D eigenvalue weighted by Gasteiger charge is -2.32. The average Bonchev–Trinajstić information content (AvgIpc) is 2.59. The van der Waals surface area contributed by atoms with Crippen molar-refractivity contribution in [1.29, 1.82) is 0 Å². The zero-order valence-corrected chi connectivity index (χ0v) is 13.6. The van der Waals surface area contributed by atoms with Crippen LogP contribution in [-0.4, -0.2) is 17.8 Å². The standard InChI is InChI=1S/C19H24ClNO/c20-21-13-18(19(22)15-7-2-1-3-8-15)17-11-10-14-6-4-5-9-16(14)12-17/h4-6,9-12,15,18-19,21-22H,1-3,7-8,13H2/t18?,19-/m0/s1. The van der Waals surface area contributed by atoms with Crippen molar-refractivity contribution in [2.45, 2.75) is 44.1 Å². The first-order valence-electron chi connectivity index (χ1n) is 8.30. The van der Waals surface area contributed by atoms with E-state index in [2.05, 4.69) is 47.3 Å². The molecular weight excluding hydrogens is 294 g/mol. The van der Waals surface area contributed by atoms with Gasteiger partial charge in [0.15, 0.2) is 0 Å². The molecule has 1 saturated carbocycles. The molecule has 0 bridgehead atoms. The molecule has 0 amide bonds. The van der Waals surface area contributed by atoms with Crippen LogP contribution in [-0.2, 0) is 0 Å². The summed E-state index contributed by atoms with van der Waals surface area (Å²) in [5.41, 5.74) is 1.17. The van der Waals surface area contributed by atoms with Crippen LogP contribution in [0.5, 0.6) is 0 Å². The van der Waals surface area contributed by atoms with Crippen LogP contribution in [0.1, 0.15) is 43.6 Å². The molecule has 1 aliphatic carbocycles. The number of benzene rings is 2. The van der Waals surface area contributed by atoms with Crippen molar-refractivity contribution >= 4 is 22.5 Å². The van der Waals surface area contributed by atoms with Crippen molar-refractivity contribution in [2.24, 2.45) is 5.92 Å².